The molecule has 0 aliphatic carbocycles. The van der Waals surface area contributed by atoms with Gasteiger partial charge in [-0.3, -0.25) is 19.1 Å². The molecule has 2 amide bonds. The Balaban J connectivity index is 0.913. The van der Waals surface area contributed by atoms with Crippen molar-refractivity contribution in [2.45, 2.75) is 72.1 Å². The third-order valence-corrected chi connectivity index (χ3v) is 12.4. The number of benzene rings is 4. The summed E-state index contributed by atoms with van der Waals surface area (Å²) in [5, 5.41) is 44.5. The molecular weight excluding hydrogens is 859 g/mol. The number of anilines is 1. The second-order valence-electron chi connectivity index (χ2n) is 16.7. The topological polar surface area (TPSA) is 220 Å². The lowest BCUT2D eigenvalue weighted by Crippen LogP contribution is -2.44. The average molecular weight is 906 g/mol. The molecule has 1 atom stereocenters. The molecule has 3 aromatic heterocycles. The van der Waals surface area contributed by atoms with E-state index in [-0.39, 0.29) is 70.9 Å². The Labute approximate surface area is 383 Å². The minimum absolute atomic E-state index is 0.00207. The Kier molecular flexibility index (Phi) is 11.2. The third kappa shape index (κ3) is 7.56. The fraction of sp³-hybridized carbons (Fsp3) is 0.260. The summed E-state index contributed by atoms with van der Waals surface area (Å²) in [5.41, 5.74) is 3.66. The molecule has 4 N–H and O–H groups in total. The normalized spacial score (nSPS) is 14.9. The molecule has 0 bridgehead atoms. The van der Waals surface area contributed by atoms with E-state index in [2.05, 4.69) is 15.5 Å². The van der Waals surface area contributed by atoms with E-state index in [1.165, 1.54) is 15.5 Å². The summed E-state index contributed by atoms with van der Waals surface area (Å²) >= 11 is 0. The van der Waals surface area contributed by atoms with Crippen LogP contribution in [-0.2, 0) is 34.7 Å². The molecular formula is C50H47N7O10. The van der Waals surface area contributed by atoms with Crippen molar-refractivity contribution < 1.29 is 43.9 Å². The summed E-state index contributed by atoms with van der Waals surface area (Å²) in [4.78, 5) is 59.3. The number of nitrogens with zero attached hydrogens (tertiary/aromatic N) is 6. The number of phenolic OH excluding ortho intramolecular Hbond substituents is 2. The molecule has 0 saturated carbocycles. The largest absolute Gasteiger partial charge is 0.508 e. The molecule has 2 aliphatic rings. The van der Waals surface area contributed by atoms with Gasteiger partial charge in [0.2, 0.25) is 5.82 Å². The molecule has 0 spiro atoms. The number of cyclic esters (lactones) is 1. The van der Waals surface area contributed by atoms with Gasteiger partial charge in [-0.15, -0.1) is 10.2 Å². The lowest BCUT2D eigenvalue weighted by atomic mass is 9.86. The van der Waals surface area contributed by atoms with Crippen molar-refractivity contribution >= 4 is 34.6 Å². The first-order chi connectivity index (χ1) is 32.1. The number of aromatic hydroxyl groups is 2. The van der Waals surface area contributed by atoms with Gasteiger partial charge in [-0.2, -0.15) is 0 Å². The Morgan fingerprint density at radius 1 is 0.896 bits per heavy atom. The van der Waals surface area contributed by atoms with E-state index >= 15 is 0 Å². The van der Waals surface area contributed by atoms with Gasteiger partial charge in [-0.05, 0) is 116 Å². The number of phenols is 2. The van der Waals surface area contributed by atoms with Crippen LogP contribution in [0.4, 0.5) is 10.5 Å². The zero-order valence-electron chi connectivity index (χ0n) is 37.6. The maximum atomic E-state index is 13.7. The number of fused-ring (bicyclic) bond motifs is 5. The average Bonchev–Trinajstić information content (AvgIpc) is 3.92. The zero-order chi connectivity index (χ0) is 47.5. The van der Waals surface area contributed by atoms with Gasteiger partial charge in [0.05, 0.1) is 34.6 Å². The van der Waals surface area contributed by atoms with Crippen molar-refractivity contribution in [2.75, 3.05) is 18.5 Å². The van der Waals surface area contributed by atoms with Gasteiger partial charge in [0, 0.05) is 47.5 Å². The summed E-state index contributed by atoms with van der Waals surface area (Å²) in [6.45, 7) is 9.66. The first-order valence-corrected chi connectivity index (χ1v) is 21.9. The number of rotatable bonds is 11. The highest BCUT2D eigenvalue weighted by Gasteiger charge is 2.45. The smallest absolute Gasteiger partial charge is 0.419 e. The molecule has 0 fully saturated rings. The van der Waals surface area contributed by atoms with E-state index in [0.29, 0.717) is 64.1 Å². The van der Waals surface area contributed by atoms with Gasteiger partial charge in [0.1, 0.15) is 35.4 Å². The number of hydrogen-bond acceptors (Lipinski definition) is 13. The third-order valence-electron chi connectivity index (χ3n) is 12.4. The number of esters is 1. The molecule has 1 unspecified atom stereocenters. The predicted octanol–water partition coefficient (Wildman–Crippen LogP) is 7.60. The molecule has 0 saturated heterocycles. The van der Waals surface area contributed by atoms with Gasteiger partial charge in [0.25, 0.3) is 11.5 Å². The number of amides is 2. The van der Waals surface area contributed by atoms with Crippen molar-refractivity contribution in [3.8, 4) is 57.2 Å². The second kappa shape index (κ2) is 17.1. The lowest BCUT2D eigenvalue weighted by molar-refractivity contribution is -0.172. The number of ether oxygens (including phenoxy) is 3. The fourth-order valence-corrected chi connectivity index (χ4v) is 8.75. The van der Waals surface area contributed by atoms with Crippen molar-refractivity contribution in [1.82, 2.24) is 29.6 Å². The Morgan fingerprint density at radius 2 is 1.60 bits per heavy atom. The second-order valence-corrected chi connectivity index (χ2v) is 16.7. The van der Waals surface area contributed by atoms with E-state index in [0.717, 1.165) is 16.5 Å². The number of aliphatic hydroxyl groups is 1. The number of carbonyl (C=O) groups excluding carboxylic acids is 3. The summed E-state index contributed by atoms with van der Waals surface area (Å²) in [5.74, 6) is -0.127. The highest BCUT2D eigenvalue weighted by molar-refractivity contribution is 5.93. The molecule has 9 rings (SSSR count). The lowest BCUT2D eigenvalue weighted by Gasteiger charge is -2.31. The number of hydrogen-bond donors (Lipinski definition) is 4. The van der Waals surface area contributed by atoms with Crippen LogP contribution in [-0.4, -0.2) is 71.2 Å². The van der Waals surface area contributed by atoms with Gasteiger partial charge in [-0.25, -0.2) is 14.6 Å². The van der Waals surface area contributed by atoms with Crippen LogP contribution in [0.5, 0.6) is 28.7 Å². The SMILES string of the molecule is CCNC(=O)c1nnc(-c2cc(C(C)C)c(O)cc2O)n1-c1ccc(Oc2ccc(N(C)C(=O)Oc3ccc4nc5c(c(CC)c4c3)Cn3c-5cc4c(c3=O)COC(=O)C4(O)CC)cc2)cc1. The number of aryl methyl sites for hydroxylation is 1. The molecule has 17 nitrogen and oxygen atoms in total. The zero-order valence-corrected chi connectivity index (χ0v) is 37.6. The molecule has 2 aliphatic heterocycles. The summed E-state index contributed by atoms with van der Waals surface area (Å²) < 4.78 is 20.3. The Bertz CT molecular complexity index is 3220. The highest BCUT2D eigenvalue weighted by Crippen LogP contribution is 2.42. The van der Waals surface area contributed by atoms with Crippen LogP contribution in [0.15, 0.2) is 89.7 Å². The highest BCUT2D eigenvalue weighted by atomic mass is 16.6. The molecule has 342 valence electrons. The monoisotopic (exact) mass is 905 g/mol. The number of aromatic nitrogens is 5. The first-order valence-electron chi connectivity index (χ1n) is 21.9. The number of pyridine rings is 2. The maximum Gasteiger partial charge on any atom is 0.419 e. The number of carbonyl (C=O) groups is 3. The van der Waals surface area contributed by atoms with Gasteiger partial charge in [-0.1, -0.05) is 27.7 Å². The van der Waals surface area contributed by atoms with Crippen LogP contribution in [0.1, 0.15) is 85.4 Å². The van der Waals surface area contributed by atoms with Crippen molar-refractivity contribution in [3.05, 3.63) is 129 Å². The van der Waals surface area contributed by atoms with E-state index in [9.17, 15) is 34.5 Å². The predicted molar refractivity (Wildman–Crippen MR) is 247 cm³/mol. The van der Waals surface area contributed by atoms with Crippen molar-refractivity contribution in [3.63, 3.8) is 0 Å². The first kappa shape index (κ1) is 44.2. The maximum absolute atomic E-state index is 13.7. The van der Waals surface area contributed by atoms with Crippen molar-refractivity contribution in [1.29, 1.82) is 0 Å². The standard InChI is InChI=1S/C50H47N7O10/c1-7-32-34-20-31(18-19-39(34)52-43-36(32)24-56-40(43)22-38-37(47(56)61)25-65-48(62)50(38,64)8-2)67-49(63)55(6)27-10-14-29(15-11-27)66-30-16-12-28(13-17-30)57-44(53-54-45(57)46(60)51-9-3)35-21-33(26(4)5)41(58)23-42(35)59/h10-23,26,58-59,64H,7-9,24-25H2,1-6H3,(H,51,60). The minimum Gasteiger partial charge on any atom is -0.508 e. The Hall–Kier alpha value is -8.05. The van der Waals surface area contributed by atoms with Crippen LogP contribution in [0.2, 0.25) is 0 Å². The van der Waals surface area contributed by atoms with E-state index in [4.69, 9.17) is 19.2 Å². The van der Waals surface area contributed by atoms with Crippen LogP contribution in [0.25, 0.3) is 39.4 Å². The van der Waals surface area contributed by atoms with Crippen molar-refractivity contribution in [2.24, 2.45) is 0 Å². The van der Waals surface area contributed by atoms with Gasteiger partial charge < -0.3 is 39.4 Å². The molecule has 0 radical (unpaired) electrons. The van der Waals surface area contributed by atoms with E-state index in [1.54, 1.807) is 104 Å². The van der Waals surface area contributed by atoms with Crippen LogP contribution < -0.4 is 25.2 Å². The molecule has 17 heteroatoms. The van der Waals surface area contributed by atoms with Crippen LogP contribution in [0.3, 0.4) is 0 Å². The fourth-order valence-electron chi connectivity index (χ4n) is 8.75. The van der Waals surface area contributed by atoms with Gasteiger partial charge in [0.15, 0.2) is 11.4 Å². The quantitative estimate of drug-likeness (QED) is 0.0920. The molecule has 4 aromatic carbocycles. The Morgan fingerprint density at radius 3 is 2.27 bits per heavy atom. The molecule has 67 heavy (non-hydrogen) atoms. The number of nitrogens with one attached hydrogen (secondary N) is 1. The van der Waals surface area contributed by atoms with E-state index in [1.807, 2.05) is 20.8 Å². The van der Waals surface area contributed by atoms with Gasteiger partial charge >= 0.3 is 12.1 Å². The minimum atomic E-state index is -1.93. The summed E-state index contributed by atoms with van der Waals surface area (Å²) in [7, 11) is 1.59. The molecule has 5 heterocycles. The molecule has 7 aromatic rings. The van der Waals surface area contributed by atoms with E-state index < -0.39 is 23.6 Å². The summed E-state index contributed by atoms with van der Waals surface area (Å²) in [6, 6.07) is 23.5. The van der Waals surface area contributed by atoms with Crippen LogP contribution in [0, 0.1) is 0 Å². The summed E-state index contributed by atoms with van der Waals surface area (Å²) in [6.07, 6.45) is -0.00111. The van der Waals surface area contributed by atoms with Crippen LogP contribution >= 0.6 is 0 Å².